The molecule has 0 fully saturated rings. The molecular weight excluding hydrogens is 302 g/mol. The fraction of sp³-hybridized carbons (Fsp3) is 0.188. The average molecular weight is 317 g/mol. The van der Waals surface area contributed by atoms with E-state index in [2.05, 4.69) is 9.47 Å². The number of esters is 2. The van der Waals surface area contributed by atoms with E-state index in [9.17, 15) is 19.5 Å². The number of aromatic hydroxyl groups is 1. The van der Waals surface area contributed by atoms with Gasteiger partial charge >= 0.3 is 11.9 Å². The van der Waals surface area contributed by atoms with E-state index in [0.717, 1.165) is 30.4 Å². The van der Waals surface area contributed by atoms with Gasteiger partial charge in [0.2, 0.25) is 0 Å². The van der Waals surface area contributed by atoms with E-state index in [-0.39, 0.29) is 12.2 Å². The Morgan fingerprint density at radius 2 is 1.70 bits per heavy atom. The second-order valence-electron chi connectivity index (χ2n) is 4.65. The highest BCUT2D eigenvalue weighted by molar-refractivity contribution is 6.03. The Hall–Kier alpha value is -3.09. The van der Waals surface area contributed by atoms with Crippen molar-refractivity contribution < 1.29 is 24.2 Å². The Bertz CT molecular complexity index is 794. The first-order valence-electron chi connectivity index (χ1n) is 6.67. The number of methoxy groups -OCH3 is 2. The number of pyridine rings is 1. The Labute approximate surface area is 131 Å². The maximum atomic E-state index is 12.2. The minimum Gasteiger partial charge on any atom is -0.507 e. The molecule has 0 unspecified atom stereocenters. The summed E-state index contributed by atoms with van der Waals surface area (Å²) in [5, 5.41) is 9.89. The molecule has 0 radical (unpaired) electrons. The van der Waals surface area contributed by atoms with Crippen LogP contribution in [0.1, 0.15) is 26.4 Å². The Kier molecular flexibility index (Phi) is 4.80. The van der Waals surface area contributed by atoms with Crippen LogP contribution in [0.5, 0.6) is 5.75 Å². The van der Waals surface area contributed by atoms with Gasteiger partial charge in [-0.3, -0.25) is 9.36 Å². The number of carbonyl (C=O) groups excluding carboxylic acids is 2. The first kappa shape index (κ1) is 16.3. The second kappa shape index (κ2) is 6.78. The van der Waals surface area contributed by atoms with E-state index in [1.54, 1.807) is 24.3 Å². The minimum atomic E-state index is -0.940. The number of hydrogen-bond donors (Lipinski definition) is 1. The zero-order chi connectivity index (χ0) is 17.0. The quantitative estimate of drug-likeness (QED) is 0.851. The molecule has 0 saturated heterocycles. The molecule has 0 spiro atoms. The third-order valence-corrected chi connectivity index (χ3v) is 3.24. The molecule has 0 aliphatic rings. The number of benzene rings is 1. The van der Waals surface area contributed by atoms with Gasteiger partial charge in [-0.25, -0.2) is 9.59 Å². The highest BCUT2D eigenvalue weighted by Gasteiger charge is 2.27. The lowest BCUT2D eigenvalue weighted by atomic mass is 10.1. The molecule has 1 heterocycles. The zero-order valence-corrected chi connectivity index (χ0v) is 12.6. The summed E-state index contributed by atoms with van der Waals surface area (Å²) in [6.45, 7) is 0.0361. The first-order valence-corrected chi connectivity index (χ1v) is 6.67. The first-order chi connectivity index (χ1) is 11.0. The summed E-state index contributed by atoms with van der Waals surface area (Å²) in [5.41, 5.74) is -0.663. The Balaban J connectivity index is 2.71. The van der Waals surface area contributed by atoms with Gasteiger partial charge in [0.15, 0.2) is 0 Å². The molecule has 0 aliphatic carbocycles. The van der Waals surface area contributed by atoms with Gasteiger partial charge in [0, 0.05) is 6.07 Å². The molecule has 1 N–H and O–H groups in total. The van der Waals surface area contributed by atoms with E-state index < -0.39 is 28.8 Å². The average Bonchev–Trinajstić information content (AvgIpc) is 2.56. The summed E-state index contributed by atoms with van der Waals surface area (Å²) < 4.78 is 10.3. The van der Waals surface area contributed by atoms with Crippen molar-refractivity contribution in [1.29, 1.82) is 0 Å². The van der Waals surface area contributed by atoms with Crippen LogP contribution < -0.4 is 5.56 Å². The van der Waals surface area contributed by atoms with Gasteiger partial charge in [-0.2, -0.15) is 0 Å². The second-order valence-corrected chi connectivity index (χ2v) is 4.65. The van der Waals surface area contributed by atoms with E-state index >= 15 is 0 Å². The fourth-order valence-corrected chi connectivity index (χ4v) is 2.17. The van der Waals surface area contributed by atoms with Crippen molar-refractivity contribution in [3.05, 3.63) is 63.6 Å². The van der Waals surface area contributed by atoms with Crippen LogP contribution in [0.15, 0.2) is 41.2 Å². The van der Waals surface area contributed by atoms with Crippen molar-refractivity contribution >= 4 is 11.9 Å². The van der Waals surface area contributed by atoms with Crippen molar-refractivity contribution in [2.45, 2.75) is 6.54 Å². The molecule has 7 nitrogen and oxygen atoms in total. The van der Waals surface area contributed by atoms with Crippen molar-refractivity contribution in [3.8, 4) is 5.75 Å². The lowest BCUT2D eigenvalue weighted by molar-refractivity contribution is 0.0540. The standard InChI is InChI=1S/C16H15NO6/c1-22-15(20)13-11(18)8-12(19)17(14(13)16(21)23-2)9-10-6-4-3-5-7-10/h3-8,18H,9H2,1-2H3. The van der Waals surface area contributed by atoms with Crippen LogP contribution in [0.3, 0.4) is 0 Å². The summed E-state index contributed by atoms with van der Waals surface area (Å²) in [6, 6.07) is 9.75. The van der Waals surface area contributed by atoms with Crippen LogP contribution >= 0.6 is 0 Å². The third-order valence-electron chi connectivity index (χ3n) is 3.24. The maximum Gasteiger partial charge on any atom is 0.355 e. The smallest absolute Gasteiger partial charge is 0.355 e. The number of rotatable bonds is 4. The number of nitrogens with zero attached hydrogens (tertiary/aromatic N) is 1. The summed E-state index contributed by atoms with van der Waals surface area (Å²) in [6.07, 6.45) is 0. The summed E-state index contributed by atoms with van der Waals surface area (Å²) >= 11 is 0. The van der Waals surface area contributed by atoms with E-state index in [0.29, 0.717) is 0 Å². The molecule has 0 atom stereocenters. The topological polar surface area (TPSA) is 94.8 Å². The van der Waals surface area contributed by atoms with Gasteiger partial charge in [0.25, 0.3) is 5.56 Å². The van der Waals surface area contributed by atoms with E-state index in [1.165, 1.54) is 0 Å². The Morgan fingerprint density at radius 1 is 1.09 bits per heavy atom. The number of ether oxygens (including phenoxy) is 2. The minimum absolute atomic E-state index is 0.0361. The van der Waals surface area contributed by atoms with Crippen LogP contribution in [0, 0.1) is 0 Å². The molecule has 1 aromatic carbocycles. The monoisotopic (exact) mass is 317 g/mol. The predicted molar refractivity (Wildman–Crippen MR) is 80.6 cm³/mol. The molecule has 0 bridgehead atoms. The maximum absolute atomic E-state index is 12.2. The van der Waals surface area contributed by atoms with Gasteiger partial charge in [-0.1, -0.05) is 30.3 Å². The van der Waals surface area contributed by atoms with Gasteiger partial charge in [-0.05, 0) is 5.56 Å². The molecule has 1 aromatic heterocycles. The van der Waals surface area contributed by atoms with Crippen molar-refractivity contribution in [2.24, 2.45) is 0 Å². The summed E-state index contributed by atoms with van der Waals surface area (Å²) in [4.78, 5) is 36.1. The summed E-state index contributed by atoms with van der Waals surface area (Å²) in [7, 11) is 2.22. The summed E-state index contributed by atoms with van der Waals surface area (Å²) in [5.74, 6) is -2.49. The van der Waals surface area contributed by atoms with Gasteiger partial charge in [0.05, 0.1) is 20.8 Å². The highest BCUT2D eigenvalue weighted by atomic mass is 16.5. The van der Waals surface area contributed by atoms with Crippen LogP contribution in [0.4, 0.5) is 0 Å². The van der Waals surface area contributed by atoms with Gasteiger partial charge in [0.1, 0.15) is 17.0 Å². The molecular formula is C16H15NO6. The lowest BCUT2D eigenvalue weighted by Gasteiger charge is -2.15. The lowest BCUT2D eigenvalue weighted by Crippen LogP contribution is -2.30. The van der Waals surface area contributed by atoms with Crippen molar-refractivity contribution in [1.82, 2.24) is 4.57 Å². The number of hydrogen-bond acceptors (Lipinski definition) is 6. The van der Waals surface area contributed by atoms with Crippen molar-refractivity contribution in [2.75, 3.05) is 14.2 Å². The molecule has 0 aliphatic heterocycles. The van der Waals surface area contributed by atoms with Crippen molar-refractivity contribution in [3.63, 3.8) is 0 Å². The zero-order valence-electron chi connectivity index (χ0n) is 12.6. The highest BCUT2D eigenvalue weighted by Crippen LogP contribution is 2.21. The number of aromatic nitrogens is 1. The molecule has 23 heavy (non-hydrogen) atoms. The van der Waals surface area contributed by atoms with Crippen LogP contribution in [0.2, 0.25) is 0 Å². The molecule has 2 aromatic rings. The number of carbonyl (C=O) groups is 2. The Morgan fingerprint density at radius 3 is 2.26 bits per heavy atom. The molecule has 7 heteroatoms. The van der Waals surface area contributed by atoms with Crippen LogP contribution in [0.25, 0.3) is 0 Å². The molecule has 0 amide bonds. The van der Waals surface area contributed by atoms with Crippen LogP contribution in [-0.2, 0) is 16.0 Å². The molecule has 2 rings (SSSR count). The van der Waals surface area contributed by atoms with Gasteiger partial charge < -0.3 is 14.6 Å². The molecule has 120 valence electrons. The molecule has 0 saturated carbocycles. The normalized spacial score (nSPS) is 10.2. The fourth-order valence-electron chi connectivity index (χ4n) is 2.17. The van der Waals surface area contributed by atoms with Crippen LogP contribution in [-0.4, -0.2) is 35.8 Å². The van der Waals surface area contributed by atoms with Gasteiger partial charge in [-0.15, -0.1) is 0 Å². The SMILES string of the molecule is COC(=O)c1c(O)cc(=O)n(Cc2ccccc2)c1C(=O)OC. The van der Waals surface area contributed by atoms with E-state index in [1.807, 2.05) is 6.07 Å². The predicted octanol–water partition coefficient (Wildman–Crippen LogP) is 1.18. The third kappa shape index (κ3) is 3.23. The van der Waals surface area contributed by atoms with E-state index in [4.69, 9.17) is 0 Å². The largest absolute Gasteiger partial charge is 0.507 e.